The molecule has 2 aromatic carbocycles. The summed E-state index contributed by atoms with van der Waals surface area (Å²) in [7, 11) is 1.55. The fourth-order valence-electron chi connectivity index (χ4n) is 2.79. The van der Waals surface area contributed by atoms with Crippen molar-refractivity contribution in [2.24, 2.45) is 0 Å². The number of nitrogens with zero attached hydrogens (tertiary/aromatic N) is 4. The molecule has 30 heavy (non-hydrogen) atoms. The normalized spacial score (nSPS) is 10.7. The number of fused-ring (bicyclic) bond motifs is 1. The zero-order valence-corrected chi connectivity index (χ0v) is 17.9. The van der Waals surface area contributed by atoms with Gasteiger partial charge in [-0.05, 0) is 54.7 Å². The second-order valence-electron chi connectivity index (χ2n) is 6.29. The van der Waals surface area contributed by atoms with Gasteiger partial charge in [0.05, 0.1) is 7.11 Å². The quantitative estimate of drug-likeness (QED) is 0.460. The van der Waals surface area contributed by atoms with Crippen molar-refractivity contribution in [3.8, 4) is 16.3 Å². The van der Waals surface area contributed by atoms with E-state index in [1.54, 1.807) is 35.9 Å². The van der Waals surface area contributed by atoms with Crippen molar-refractivity contribution in [1.29, 1.82) is 0 Å². The Morgan fingerprint density at radius 1 is 1.20 bits per heavy atom. The maximum Gasteiger partial charge on any atom is 0.257 e. The standard InChI is InChI=1S/C20H18N6O2S2/c1-3-16-23-24-20-26(16)25-18(30-20)12-7-9-14(10-8-12)21-19(29)22-17(27)13-5-4-6-15(11-13)28-2/h4-11H,3H2,1-2H3,(H2,21,22,27,29). The van der Waals surface area contributed by atoms with Gasteiger partial charge in [0, 0.05) is 23.2 Å². The summed E-state index contributed by atoms with van der Waals surface area (Å²) in [6.07, 6.45) is 0.770. The molecule has 10 heteroatoms. The van der Waals surface area contributed by atoms with E-state index >= 15 is 0 Å². The summed E-state index contributed by atoms with van der Waals surface area (Å²) in [6, 6.07) is 14.5. The topological polar surface area (TPSA) is 93.4 Å². The molecule has 2 heterocycles. The number of nitrogens with one attached hydrogen (secondary N) is 2. The van der Waals surface area contributed by atoms with Gasteiger partial charge >= 0.3 is 0 Å². The fraction of sp³-hybridized carbons (Fsp3) is 0.150. The first-order chi connectivity index (χ1) is 14.6. The summed E-state index contributed by atoms with van der Waals surface area (Å²) in [6.45, 7) is 2.02. The molecule has 0 radical (unpaired) electrons. The van der Waals surface area contributed by atoms with Gasteiger partial charge in [0.2, 0.25) is 4.96 Å². The van der Waals surface area contributed by atoms with Crippen molar-refractivity contribution in [2.75, 3.05) is 12.4 Å². The number of carbonyl (C=O) groups excluding carboxylic acids is 1. The zero-order valence-electron chi connectivity index (χ0n) is 16.2. The van der Waals surface area contributed by atoms with Crippen molar-refractivity contribution in [3.05, 3.63) is 59.9 Å². The summed E-state index contributed by atoms with van der Waals surface area (Å²) in [4.78, 5) is 13.1. The molecule has 0 aliphatic carbocycles. The molecule has 0 saturated heterocycles. The van der Waals surface area contributed by atoms with Gasteiger partial charge in [-0.15, -0.1) is 10.2 Å². The van der Waals surface area contributed by atoms with Crippen LogP contribution in [0.15, 0.2) is 48.5 Å². The largest absolute Gasteiger partial charge is 0.497 e. The molecule has 0 aliphatic rings. The average molecular weight is 439 g/mol. The van der Waals surface area contributed by atoms with Gasteiger partial charge in [0.15, 0.2) is 10.9 Å². The SMILES string of the molecule is CCc1nnc2sc(-c3ccc(NC(=S)NC(=O)c4cccc(OC)c4)cc3)nn12. The highest BCUT2D eigenvalue weighted by molar-refractivity contribution is 7.80. The Balaban J connectivity index is 1.41. The van der Waals surface area contributed by atoms with Crippen LogP contribution in [-0.4, -0.2) is 37.9 Å². The fourth-order valence-corrected chi connectivity index (χ4v) is 3.87. The molecule has 4 aromatic rings. The lowest BCUT2D eigenvalue weighted by atomic mass is 10.2. The van der Waals surface area contributed by atoms with E-state index in [0.717, 1.165) is 33.5 Å². The number of amides is 1. The molecule has 0 atom stereocenters. The minimum atomic E-state index is -0.311. The first-order valence-corrected chi connectivity index (χ1v) is 10.4. The van der Waals surface area contributed by atoms with Crippen molar-refractivity contribution < 1.29 is 9.53 Å². The monoisotopic (exact) mass is 438 g/mol. The Morgan fingerprint density at radius 3 is 2.73 bits per heavy atom. The third-order valence-electron chi connectivity index (χ3n) is 4.32. The van der Waals surface area contributed by atoms with Crippen LogP contribution in [0.2, 0.25) is 0 Å². The maximum absolute atomic E-state index is 12.4. The molecular weight excluding hydrogens is 420 g/mol. The van der Waals surface area contributed by atoms with E-state index in [0.29, 0.717) is 11.3 Å². The minimum absolute atomic E-state index is 0.210. The van der Waals surface area contributed by atoms with Gasteiger partial charge in [-0.3, -0.25) is 10.1 Å². The van der Waals surface area contributed by atoms with E-state index in [-0.39, 0.29) is 11.0 Å². The lowest BCUT2D eigenvalue weighted by molar-refractivity contribution is 0.0977. The first kappa shape index (κ1) is 19.9. The Morgan fingerprint density at radius 2 is 2.00 bits per heavy atom. The molecule has 0 spiro atoms. The van der Waals surface area contributed by atoms with Crippen LogP contribution in [0, 0.1) is 0 Å². The summed E-state index contributed by atoms with van der Waals surface area (Å²) in [5.74, 6) is 1.13. The van der Waals surface area contributed by atoms with Gasteiger partial charge in [0.25, 0.3) is 5.91 Å². The lowest BCUT2D eigenvalue weighted by Gasteiger charge is -2.10. The van der Waals surface area contributed by atoms with Crippen molar-refractivity contribution in [2.45, 2.75) is 13.3 Å². The predicted octanol–water partition coefficient (Wildman–Crippen LogP) is 3.55. The van der Waals surface area contributed by atoms with Gasteiger partial charge < -0.3 is 10.1 Å². The number of aryl methyl sites for hydroxylation is 1. The molecule has 1 amide bonds. The third kappa shape index (κ3) is 4.14. The number of carbonyl (C=O) groups is 1. The molecule has 8 nitrogen and oxygen atoms in total. The number of ether oxygens (including phenoxy) is 1. The first-order valence-electron chi connectivity index (χ1n) is 9.15. The lowest BCUT2D eigenvalue weighted by Crippen LogP contribution is -2.34. The number of hydrogen-bond acceptors (Lipinski definition) is 7. The maximum atomic E-state index is 12.4. The van der Waals surface area contributed by atoms with Crippen molar-refractivity contribution in [1.82, 2.24) is 25.1 Å². The molecule has 0 saturated carbocycles. The van der Waals surface area contributed by atoms with Gasteiger partial charge in [-0.2, -0.15) is 9.61 Å². The van der Waals surface area contributed by atoms with Crippen LogP contribution in [-0.2, 0) is 6.42 Å². The molecular formula is C20H18N6O2S2. The Hall–Kier alpha value is -3.37. The van der Waals surface area contributed by atoms with Crippen LogP contribution in [0.3, 0.4) is 0 Å². The van der Waals surface area contributed by atoms with Crippen molar-refractivity contribution in [3.63, 3.8) is 0 Å². The molecule has 2 aromatic heterocycles. The number of aromatic nitrogens is 4. The minimum Gasteiger partial charge on any atom is -0.497 e. The molecule has 0 unspecified atom stereocenters. The summed E-state index contributed by atoms with van der Waals surface area (Å²) in [5.41, 5.74) is 2.18. The molecule has 2 N–H and O–H groups in total. The van der Waals surface area contributed by atoms with Crippen LogP contribution in [0.1, 0.15) is 23.1 Å². The highest BCUT2D eigenvalue weighted by atomic mass is 32.1. The van der Waals surface area contributed by atoms with Crippen LogP contribution in [0.25, 0.3) is 15.5 Å². The van der Waals surface area contributed by atoms with E-state index in [1.165, 1.54) is 11.3 Å². The smallest absolute Gasteiger partial charge is 0.257 e. The number of hydrogen-bond donors (Lipinski definition) is 2. The van der Waals surface area contributed by atoms with E-state index in [1.807, 2.05) is 31.2 Å². The molecule has 4 rings (SSSR count). The molecule has 0 aliphatic heterocycles. The zero-order chi connectivity index (χ0) is 21.1. The Kier molecular flexibility index (Phi) is 5.68. The van der Waals surface area contributed by atoms with Crippen LogP contribution in [0.4, 0.5) is 5.69 Å². The number of methoxy groups -OCH3 is 1. The Bertz CT molecular complexity index is 1220. The number of rotatable bonds is 5. The molecule has 0 bridgehead atoms. The van der Waals surface area contributed by atoms with Crippen LogP contribution in [0.5, 0.6) is 5.75 Å². The summed E-state index contributed by atoms with van der Waals surface area (Å²) >= 11 is 6.74. The van der Waals surface area contributed by atoms with E-state index in [9.17, 15) is 4.79 Å². The number of benzene rings is 2. The molecule has 0 fully saturated rings. The number of anilines is 1. The second kappa shape index (κ2) is 8.56. The van der Waals surface area contributed by atoms with Gasteiger partial charge in [0.1, 0.15) is 10.8 Å². The predicted molar refractivity (Wildman–Crippen MR) is 120 cm³/mol. The summed E-state index contributed by atoms with van der Waals surface area (Å²) < 4.78 is 6.91. The van der Waals surface area contributed by atoms with E-state index < -0.39 is 0 Å². The van der Waals surface area contributed by atoms with Gasteiger partial charge in [-0.25, -0.2) is 0 Å². The van der Waals surface area contributed by atoms with Crippen LogP contribution < -0.4 is 15.4 Å². The van der Waals surface area contributed by atoms with Crippen molar-refractivity contribution >= 4 is 45.2 Å². The van der Waals surface area contributed by atoms with Crippen LogP contribution >= 0.6 is 23.6 Å². The highest BCUT2D eigenvalue weighted by Crippen LogP contribution is 2.26. The van der Waals surface area contributed by atoms with E-state index in [2.05, 4.69) is 25.9 Å². The summed E-state index contributed by atoms with van der Waals surface area (Å²) in [5, 5.41) is 19.6. The molecule has 152 valence electrons. The second-order valence-corrected chi connectivity index (χ2v) is 7.65. The third-order valence-corrected chi connectivity index (χ3v) is 5.47. The van der Waals surface area contributed by atoms with Gasteiger partial charge in [-0.1, -0.05) is 24.3 Å². The van der Waals surface area contributed by atoms with E-state index in [4.69, 9.17) is 17.0 Å². The number of thiocarbonyl (C=S) groups is 1. The Labute approximate surface area is 181 Å². The average Bonchev–Trinajstić information content (AvgIpc) is 3.35. The highest BCUT2D eigenvalue weighted by Gasteiger charge is 2.12.